The number of para-hydroxylation sites is 1. The van der Waals surface area contributed by atoms with Gasteiger partial charge in [0, 0.05) is 11.9 Å². The fraction of sp³-hybridized carbons (Fsp3) is 0.312. The van der Waals surface area contributed by atoms with Gasteiger partial charge in [0.05, 0.1) is 12.2 Å². The van der Waals surface area contributed by atoms with Gasteiger partial charge in [-0.1, -0.05) is 38.1 Å². The van der Waals surface area contributed by atoms with Crippen LogP contribution in [0.5, 0.6) is 0 Å². The standard InChI is InChI=1S/C16H20N2/c1-12(2)14-8-4-5-9-15(14)18-11-16-13(3)7-6-10-17-16/h4-10,12,18H,11H2,1-3H3. The van der Waals surface area contributed by atoms with Gasteiger partial charge in [0.1, 0.15) is 0 Å². The molecule has 1 N–H and O–H groups in total. The van der Waals surface area contributed by atoms with Gasteiger partial charge in [-0.15, -0.1) is 0 Å². The number of anilines is 1. The van der Waals surface area contributed by atoms with Crippen LogP contribution in [0.15, 0.2) is 42.6 Å². The number of pyridine rings is 1. The first-order chi connectivity index (χ1) is 8.68. The molecule has 0 saturated carbocycles. The minimum atomic E-state index is 0.526. The van der Waals surface area contributed by atoms with Crippen molar-refractivity contribution in [1.82, 2.24) is 4.98 Å². The molecule has 1 aromatic heterocycles. The van der Waals surface area contributed by atoms with E-state index in [2.05, 4.69) is 61.4 Å². The van der Waals surface area contributed by atoms with Crippen molar-refractivity contribution in [2.75, 3.05) is 5.32 Å². The van der Waals surface area contributed by atoms with Crippen molar-refractivity contribution in [3.8, 4) is 0 Å². The highest BCUT2D eigenvalue weighted by molar-refractivity contribution is 5.52. The lowest BCUT2D eigenvalue weighted by molar-refractivity contribution is 0.864. The first-order valence-electron chi connectivity index (χ1n) is 6.41. The van der Waals surface area contributed by atoms with E-state index in [-0.39, 0.29) is 0 Å². The smallest absolute Gasteiger partial charge is 0.0623 e. The fourth-order valence-corrected chi connectivity index (χ4v) is 2.04. The lowest BCUT2D eigenvalue weighted by Crippen LogP contribution is -2.06. The number of hydrogen-bond acceptors (Lipinski definition) is 2. The number of nitrogens with zero attached hydrogens (tertiary/aromatic N) is 1. The molecule has 2 rings (SSSR count). The number of aryl methyl sites for hydroxylation is 1. The zero-order valence-corrected chi connectivity index (χ0v) is 11.3. The number of hydrogen-bond donors (Lipinski definition) is 1. The highest BCUT2D eigenvalue weighted by Crippen LogP contribution is 2.24. The van der Waals surface area contributed by atoms with Crippen LogP contribution in [-0.4, -0.2) is 4.98 Å². The van der Waals surface area contributed by atoms with E-state index in [1.54, 1.807) is 0 Å². The molecule has 0 unspecified atom stereocenters. The Labute approximate surface area is 109 Å². The molecular formula is C16H20N2. The van der Waals surface area contributed by atoms with Crippen LogP contribution >= 0.6 is 0 Å². The van der Waals surface area contributed by atoms with Crippen LogP contribution in [0, 0.1) is 6.92 Å². The highest BCUT2D eigenvalue weighted by Gasteiger charge is 2.06. The lowest BCUT2D eigenvalue weighted by Gasteiger charge is -2.14. The Balaban J connectivity index is 2.14. The third-order valence-electron chi connectivity index (χ3n) is 3.15. The number of rotatable bonds is 4. The van der Waals surface area contributed by atoms with Gasteiger partial charge in [-0.2, -0.15) is 0 Å². The average molecular weight is 240 g/mol. The molecule has 0 aliphatic carbocycles. The Morgan fingerprint density at radius 3 is 2.61 bits per heavy atom. The van der Waals surface area contributed by atoms with Crippen LogP contribution in [0.25, 0.3) is 0 Å². The molecule has 1 heterocycles. The normalized spacial score (nSPS) is 10.7. The topological polar surface area (TPSA) is 24.9 Å². The van der Waals surface area contributed by atoms with Gasteiger partial charge in [0.2, 0.25) is 0 Å². The molecule has 0 radical (unpaired) electrons. The monoisotopic (exact) mass is 240 g/mol. The van der Waals surface area contributed by atoms with Gasteiger partial charge in [-0.25, -0.2) is 0 Å². The molecule has 2 heteroatoms. The Morgan fingerprint density at radius 2 is 1.89 bits per heavy atom. The molecule has 0 spiro atoms. The average Bonchev–Trinajstić information content (AvgIpc) is 2.38. The van der Waals surface area contributed by atoms with E-state index >= 15 is 0 Å². The van der Waals surface area contributed by atoms with Crippen LogP contribution in [0.1, 0.15) is 36.6 Å². The lowest BCUT2D eigenvalue weighted by atomic mass is 10.0. The zero-order valence-electron chi connectivity index (χ0n) is 11.3. The predicted octanol–water partition coefficient (Wildman–Crippen LogP) is 4.13. The first-order valence-corrected chi connectivity index (χ1v) is 6.41. The summed E-state index contributed by atoms with van der Waals surface area (Å²) < 4.78 is 0. The summed E-state index contributed by atoms with van der Waals surface area (Å²) in [6.45, 7) is 7.30. The molecule has 1 aromatic carbocycles. The molecule has 0 amide bonds. The number of aromatic nitrogens is 1. The molecule has 0 atom stereocenters. The third-order valence-corrected chi connectivity index (χ3v) is 3.15. The summed E-state index contributed by atoms with van der Waals surface area (Å²) in [5, 5.41) is 3.49. The summed E-state index contributed by atoms with van der Waals surface area (Å²) >= 11 is 0. The van der Waals surface area contributed by atoms with E-state index in [1.165, 1.54) is 16.8 Å². The van der Waals surface area contributed by atoms with E-state index in [4.69, 9.17) is 0 Å². The second-order valence-electron chi connectivity index (χ2n) is 4.86. The van der Waals surface area contributed by atoms with Gasteiger partial charge < -0.3 is 5.32 Å². The SMILES string of the molecule is Cc1cccnc1CNc1ccccc1C(C)C. The van der Waals surface area contributed by atoms with Gasteiger partial charge in [-0.05, 0) is 36.1 Å². The summed E-state index contributed by atoms with van der Waals surface area (Å²) in [7, 11) is 0. The molecule has 0 bridgehead atoms. The molecule has 94 valence electrons. The van der Waals surface area contributed by atoms with Crippen molar-refractivity contribution in [3.05, 3.63) is 59.4 Å². The number of nitrogens with one attached hydrogen (secondary N) is 1. The molecule has 0 aliphatic heterocycles. The van der Waals surface area contributed by atoms with Gasteiger partial charge in [0.15, 0.2) is 0 Å². The minimum Gasteiger partial charge on any atom is -0.379 e. The number of benzene rings is 1. The van der Waals surface area contributed by atoms with E-state index < -0.39 is 0 Å². The maximum atomic E-state index is 4.41. The summed E-state index contributed by atoms with van der Waals surface area (Å²) in [5.74, 6) is 0.526. The fourth-order valence-electron chi connectivity index (χ4n) is 2.04. The van der Waals surface area contributed by atoms with Crippen LogP contribution < -0.4 is 5.32 Å². The van der Waals surface area contributed by atoms with E-state index in [0.29, 0.717) is 5.92 Å². The molecule has 0 aliphatic rings. The molecule has 2 aromatic rings. The second-order valence-corrected chi connectivity index (χ2v) is 4.86. The van der Waals surface area contributed by atoms with Gasteiger partial charge in [0.25, 0.3) is 0 Å². The van der Waals surface area contributed by atoms with Crippen LogP contribution in [0.3, 0.4) is 0 Å². The van der Waals surface area contributed by atoms with Crippen molar-refractivity contribution in [1.29, 1.82) is 0 Å². The first kappa shape index (κ1) is 12.6. The van der Waals surface area contributed by atoms with E-state index in [0.717, 1.165) is 12.2 Å². The van der Waals surface area contributed by atoms with E-state index in [1.807, 2.05) is 12.3 Å². The summed E-state index contributed by atoms with van der Waals surface area (Å²) in [6.07, 6.45) is 1.85. The zero-order chi connectivity index (χ0) is 13.0. The molecule has 18 heavy (non-hydrogen) atoms. The van der Waals surface area contributed by atoms with Gasteiger partial charge in [-0.3, -0.25) is 4.98 Å². The molecule has 2 nitrogen and oxygen atoms in total. The maximum absolute atomic E-state index is 4.41. The van der Waals surface area contributed by atoms with Crippen molar-refractivity contribution < 1.29 is 0 Å². The van der Waals surface area contributed by atoms with Crippen molar-refractivity contribution in [2.45, 2.75) is 33.2 Å². The minimum absolute atomic E-state index is 0.526. The van der Waals surface area contributed by atoms with Crippen LogP contribution in [0.4, 0.5) is 5.69 Å². The largest absolute Gasteiger partial charge is 0.379 e. The Kier molecular flexibility index (Phi) is 3.98. The van der Waals surface area contributed by atoms with Gasteiger partial charge >= 0.3 is 0 Å². The third kappa shape index (κ3) is 2.89. The Hall–Kier alpha value is -1.83. The van der Waals surface area contributed by atoms with Crippen molar-refractivity contribution >= 4 is 5.69 Å². The van der Waals surface area contributed by atoms with Crippen molar-refractivity contribution in [3.63, 3.8) is 0 Å². The quantitative estimate of drug-likeness (QED) is 0.869. The van der Waals surface area contributed by atoms with E-state index in [9.17, 15) is 0 Å². The van der Waals surface area contributed by atoms with Crippen LogP contribution in [-0.2, 0) is 6.54 Å². The summed E-state index contributed by atoms with van der Waals surface area (Å²) in [6, 6.07) is 12.5. The molecule has 0 fully saturated rings. The molecule has 0 saturated heterocycles. The Morgan fingerprint density at radius 1 is 1.11 bits per heavy atom. The predicted molar refractivity (Wildman–Crippen MR) is 76.8 cm³/mol. The van der Waals surface area contributed by atoms with Crippen LogP contribution in [0.2, 0.25) is 0 Å². The molecular weight excluding hydrogens is 220 g/mol. The maximum Gasteiger partial charge on any atom is 0.0623 e. The van der Waals surface area contributed by atoms with Crippen molar-refractivity contribution in [2.24, 2.45) is 0 Å². The summed E-state index contributed by atoms with van der Waals surface area (Å²) in [5.41, 5.74) is 4.90. The second kappa shape index (κ2) is 5.67. The Bertz CT molecular complexity index is 518. The summed E-state index contributed by atoms with van der Waals surface area (Å²) in [4.78, 5) is 4.41. The highest BCUT2D eigenvalue weighted by atomic mass is 14.9.